The Bertz CT molecular complexity index is 448. The molecule has 1 aliphatic rings. The van der Waals surface area contributed by atoms with E-state index in [-0.39, 0.29) is 11.9 Å². The van der Waals surface area contributed by atoms with Crippen molar-refractivity contribution < 1.29 is 19.1 Å². The van der Waals surface area contributed by atoms with E-state index in [9.17, 15) is 14.7 Å². The van der Waals surface area contributed by atoms with Crippen molar-refractivity contribution in [3.63, 3.8) is 0 Å². The van der Waals surface area contributed by atoms with Crippen LogP contribution in [0.2, 0.25) is 0 Å². The smallest absolute Gasteiger partial charge is 0.319 e. The third-order valence-corrected chi connectivity index (χ3v) is 3.83. The van der Waals surface area contributed by atoms with Crippen molar-refractivity contribution in [1.29, 1.82) is 0 Å². The number of furan rings is 1. The normalized spacial score (nSPS) is 18.4. The summed E-state index contributed by atoms with van der Waals surface area (Å²) in [4.78, 5) is 23.2. The fourth-order valence-electron chi connectivity index (χ4n) is 2.32. The number of hydrogen-bond donors (Lipinski definition) is 2. The molecule has 19 heavy (non-hydrogen) atoms. The Labute approximate surface area is 112 Å². The zero-order valence-corrected chi connectivity index (χ0v) is 11.0. The molecular weight excluding hydrogens is 246 g/mol. The summed E-state index contributed by atoms with van der Waals surface area (Å²) in [7, 11) is 0. The van der Waals surface area contributed by atoms with Crippen LogP contribution in [0.15, 0.2) is 22.8 Å². The molecule has 5 heteroatoms. The highest BCUT2D eigenvalue weighted by atomic mass is 16.4. The minimum absolute atomic E-state index is 0.0607. The molecule has 1 fully saturated rings. The molecular formula is C14H19NO4. The van der Waals surface area contributed by atoms with Gasteiger partial charge >= 0.3 is 5.97 Å². The van der Waals surface area contributed by atoms with Gasteiger partial charge in [0.15, 0.2) is 0 Å². The van der Waals surface area contributed by atoms with Crippen molar-refractivity contribution in [2.75, 3.05) is 0 Å². The van der Waals surface area contributed by atoms with Crippen molar-refractivity contribution in [3.8, 4) is 0 Å². The highest BCUT2D eigenvalue weighted by molar-refractivity contribution is 6.02. The SMILES string of the molecule is CC(CCc1ccco1)NC(=O)C1(C(=O)O)CCC1. The monoisotopic (exact) mass is 265 g/mol. The van der Waals surface area contributed by atoms with E-state index in [0.717, 1.165) is 25.0 Å². The van der Waals surface area contributed by atoms with E-state index in [1.165, 1.54) is 0 Å². The van der Waals surface area contributed by atoms with Gasteiger partial charge in [-0.2, -0.15) is 0 Å². The maximum Gasteiger partial charge on any atom is 0.319 e. The summed E-state index contributed by atoms with van der Waals surface area (Å²) < 4.78 is 5.22. The lowest BCUT2D eigenvalue weighted by atomic mass is 9.68. The zero-order chi connectivity index (χ0) is 13.9. The Morgan fingerprint density at radius 3 is 2.74 bits per heavy atom. The predicted molar refractivity (Wildman–Crippen MR) is 68.6 cm³/mol. The molecule has 2 N–H and O–H groups in total. The van der Waals surface area contributed by atoms with Crippen molar-refractivity contribution in [1.82, 2.24) is 5.32 Å². The van der Waals surface area contributed by atoms with Gasteiger partial charge < -0.3 is 14.8 Å². The minimum atomic E-state index is -1.18. The molecule has 0 saturated heterocycles. The van der Waals surface area contributed by atoms with E-state index in [1.54, 1.807) is 6.26 Å². The van der Waals surface area contributed by atoms with E-state index in [4.69, 9.17) is 4.42 Å². The Morgan fingerprint density at radius 2 is 2.26 bits per heavy atom. The quantitative estimate of drug-likeness (QED) is 0.771. The van der Waals surface area contributed by atoms with Crippen molar-refractivity contribution >= 4 is 11.9 Å². The van der Waals surface area contributed by atoms with Crippen LogP contribution in [0.4, 0.5) is 0 Å². The van der Waals surface area contributed by atoms with Crippen molar-refractivity contribution in [3.05, 3.63) is 24.2 Å². The second-order valence-electron chi connectivity index (χ2n) is 5.23. The number of hydrogen-bond acceptors (Lipinski definition) is 3. The number of carbonyl (C=O) groups excluding carboxylic acids is 1. The molecule has 1 saturated carbocycles. The van der Waals surface area contributed by atoms with Gasteiger partial charge in [0.25, 0.3) is 0 Å². The maximum atomic E-state index is 12.0. The maximum absolute atomic E-state index is 12.0. The lowest BCUT2D eigenvalue weighted by Crippen LogP contribution is -2.53. The number of carbonyl (C=O) groups is 2. The minimum Gasteiger partial charge on any atom is -0.480 e. The second kappa shape index (κ2) is 5.47. The third kappa shape index (κ3) is 2.80. The number of carboxylic acid groups (broad SMARTS) is 1. The first kappa shape index (κ1) is 13.6. The van der Waals surface area contributed by atoms with Gasteiger partial charge in [-0.15, -0.1) is 0 Å². The number of aryl methyl sites for hydroxylation is 1. The molecule has 1 unspecified atom stereocenters. The van der Waals surface area contributed by atoms with E-state index in [1.807, 2.05) is 19.1 Å². The van der Waals surface area contributed by atoms with Crippen LogP contribution in [0.5, 0.6) is 0 Å². The molecule has 1 amide bonds. The summed E-state index contributed by atoms with van der Waals surface area (Å²) in [5, 5.41) is 12.0. The van der Waals surface area contributed by atoms with Crippen LogP contribution in [-0.2, 0) is 16.0 Å². The van der Waals surface area contributed by atoms with Gasteiger partial charge in [0.2, 0.25) is 5.91 Å². The predicted octanol–water partition coefficient (Wildman–Crippen LogP) is 1.97. The third-order valence-electron chi connectivity index (χ3n) is 3.83. The largest absolute Gasteiger partial charge is 0.480 e. The molecule has 0 radical (unpaired) electrons. The summed E-state index contributed by atoms with van der Waals surface area (Å²) in [6.07, 6.45) is 4.77. The summed E-state index contributed by atoms with van der Waals surface area (Å²) in [5.41, 5.74) is -1.18. The van der Waals surface area contributed by atoms with Gasteiger partial charge in [-0.05, 0) is 38.3 Å². The molecule has 2 rings (SSSR count). The number of nitrogens with one attached hydrogen (secondary N) is 1. The van der Waals surface area contributed by atoms with E-state index >= 15 is 0 Å². The van der Waals surface area contributed by atoms with Crippen LogP contribution in [0.3, 0.4) is 0 Å². The number of aliphatic carboxylic acids is 1. The molecule has 5 nitrogen and oxygen atoms in total. The lowest BCUT2D eigenvalue weighted by molar-refractivity contribution is -0.162. The Kier molecular flexibility index (Phi) is 3.93. The second-order valence-corrected chi connectivity index (χ2v) is 5.23. The van der Waals surface area contributed by atoms with Crippen molar-refractivity contribution in [2.45, 2.75) is 45.1 Å². The van der Waals surface area contributed by atoms with Gasteiger partial charge in [-0.3, -0.25) is 9.59 Å². The number of carboxylic acids is 1. The van der Waals surface area contributed by atoms with Gasteiger partial charge in [0.1, 0.15) is 11.2 Å². The first-order valence-corrected chi connectivity index (χ1v) is 6.61. The van der Waals surface area contributed by atoms with Gasteiger partial charge in [0.05, 0.1) is 6.26 Å². The van der Waals surface area contributed by atoms with Crippen LogP contribution in [-0.4, -0.2) is 23.0 Å². The highest BCUT2D eigenvalue weighted by Crippen LogP contribution is 2.41. The summed E-state index contributed by atoms with van der Waals surface area (Å²) >= 11 is 0. The van der Waals surface area contributed by atoms with Crippen molar-refractivity contribution in [2.24, 2.45) is 5.41 Å². The molecule has 1 atom stereocenters. The van der Waals surface area contributed by atoms with Crippen LogP contribution in [0.1, 0.15) is 38.4 Å². The molecule has 1 aliphatic carbocycles. The molecule has 0 aliphatic heterocycles. The Hall–Kier alpha value is -1.78. The van der Waals surface area contributed by atoms with Crippen LogP contribution >= 0.6 is 0 Å². The first-order chi connectivity index (χ1) is 9.04. The molecule has 0 spiro atoms. The number of amides is 1. The molecule has 1 heterocycles. The molecule has 1 aromatic heterocycles. The van der Waals surface area contributed by atoms with Crippen LogP contribution in [0, 0.1) is 5.41 Å². The fraction of sp³-hybridized carbons (Fsp3) is 0.571. The van der Waals surface area contributed by atoms with E-state index < -0.39 is 11.4 Å². The molecule has 1 aromatic rings. The van der Waals surface area contributed by atoms with E-state index in [2.05, 4.69) is 5.32 Å². The molecule has 104 valence electrons. The Balaban J connectivity index is 1.83. The molecule has 0 aromatic carbocycles. The topological polar surface area (TPSA) is 79.5 Å². The van der Waals surface area contributed by atoms with Gasteiger partial charge in [-0.25, -0.2) is 0 Å². The molecule has 0 bridgehead atoms. The van der Waals surface area contributed by atoms with E-state index in [0.29, 0.717) is 12.8 Å². The standard InChI is InChI=1S/C14H19NO4/c1-10(5-6-11-4-2-9-19-11)15-12(16)14(13(17)18)7-3-8-14/h2,4,9-10H,3,5-8H2,1H3,(H,15,16)(H,17,18). The Morgan fingerprint density at radius 1 is 1.53 bits per heavy atom. The highest BCUT2D eigenvalue weighted by Gasteiger charge is 2.51. The van der Waals surface area contributed by atoms with Crippen LogP contribution in [0.25, 0.3) is 0 Å². The average molecular weight is 265 g/mol. The summed E-state index contributed by atoms with van der Waals surface area (Å²) in [5.74, 6) is -0.481. The van der Waals surface area contributed by atoms with Gasteiger partial charge in [-0.1, -0.05) is 6.42 Å². The number of rotatable bonds is 6. The summed E-state index contributed by atoms with van der Waals surface area (Å²) in [6.45, 7) is 1.88. The first-order valence-electron chi connectivity index (χ1n) is 6.61. The summed E-state index contributed by atoms with van der Waals surface area (Å²) in [6, 6.07) is 3.65. The fourth-order valence-corrected chi connectivity index (χ4v) is 2.32. The zero-order valence-electron chi connectivity index (χ0n) is 11.0. The van der Waals surface area contributed by atoms with Gasteiger partial charge in [0, 0.05) is 12.5 Å². The van der Waals surface area contributed by atoms with Crippen LogP contribution < -0.4 is 5.32 Å². The lowest BCUT2D eigenvalue weighted by Gasteiger charge is -2.36. The average Bonchev–Trinajstić information content (AvgIpc) is 2.76.